The van der Waals surface area contributed by atoms with E-state index in [0.717, 1.165) is 19.3 Å². The topological polar surface area (TPSA) is 104 Å². The summed E-state index contributed by atoms with van der Waals surface area (Å²) in [4.78, 5) is 11.9. The molecule has 0 saturated carbocycles. The second kappa shape index (κ2) is 7.74. The van der Waals surface area contributed by atoms with Gasteiger partial charge in [-0.25, -0.2) is 13.1 Å². The van der Waals surface area contributed by atoms with E-state index < -0.39 is 10.0 Å². The molecule has 128 valence electrons. The number of nitrogens with one attached hydrogen (secondary N) is 3. The number of amides is 1. The number of hydrogen-bond acceptors (Lipinski definition) is 4. The van der Waals surface area contributed by atoms with Crippen molar-refractivity contribution in [3.05, 3.63) is 23.0 Å². The van der Waals surface area contributed by atoms with Crippen molar-refractivity contribution in [1.82, 2.24) is 20.2 Å². The van der Waals surface area contributed by atoms with E-state index >= 15 is 0 Å². The molecular formula is C15H24N4O3S. The lowest BCUT2D eigenvalue weighted by atomic mass is 9.97. The van der Waals surface area contributed by atoms with E-state index in [2.05, 4.69) is 26.3 Å². The normalized spacial score (nSPS) is 15.3. The molecule has 3 N–H and O–H groups in total. The van der Waals surface area contributed by atoms with Gasteiger partial charge < -0.3 is 5.32 Å². The Morgan fingerprint density at radius 2 is 2.13 bits per heavy atom. The number of carbonyl (C=O) groups is 1. The summed E-state index contributed by atoms with van der Waals surface area (Å²) in [7, 11) is -3.73. The lowest BCUT2D eigenvalue weighted by molar-refractivity contribution is -0.119. The Labute approximate surface area is 137 Å². The van der Waals surface area contributed by atoms with Crippen molar-refractivity contribution in [2.75, 3.05) is 13.1 Å². The maximum atomic E-state index is 12.2. The molecule has 1 aromatic heterocycles. The number of carbonyl (C=O) groups excluding carboxylic acids is 1. The standard InChI is InChI=1S/C15H24N4O3S/c1-11-15(12(2)19-18-11)23(21,22)17-10-14(20)16-9-8-13-6-4-3-5-7-13/h6,17H,3-5,7-10H2,1-2H3,(H,16,20)(H,18,19). The molecule has 1 aromatic rings. The lowest BCUT2D eigenvalue weighted by Crippen LogP contribution is -2.37. The molecule has 0 spiro atoms. The van der Waals surface area contributed by atoms with Crippen molar-refractivity contribution in [2.24, 2.45) is 0 Å². The average Bonchev–Trinajstić information content (AvgIpc) is 2.86. The average molecular weight is 340 g/mol. The van der Waals surface area contributed by atoms with E-state index in [0.29, 0.717) is 17.9 Å². The molecule has 7 nitrogen and oxygen atoms in total. The van der Waals surface area contributed by atoms with Crippen LogP contribution in [0.25, 0.3) is 0 Å². The minimum absolute atomic E-state index is 0.109. The van der Waals surface area contributed by atoms with Crippen LogP contribution in [-0.4, -0.2) is 37.6 Å². The number of aromatic nitrogens is 2. The van der Waals surface area contributed by atoms with Gasteiger partial charge in [0, 0.05) is 6.54 Å². The summed E-state index contributed by atoms with van der Waals surface area (Å²) in [5, 5.41) is 9.23. The molecule has 0 bridgehead atoms. The van der Waals surface area contributed by atoms with E-state index in [1.165, 1.54) is 18.4 Å². The van der Waals surface area contributed by atoms with Crippen molar-refractivity contribution in [1.29, 1.82) is 0 Å². The van der Waals surface area contributed by atoms with Crippen LogP contribution < -0.4 is 10.0 Å². The molecule has 1 heterocycles. The molecule has 1 aliphatic rings. The molecule has 0 atom stereocenters. The molecule has 23 heavy (non-hydrogen) atoms. The summed E-state index contributed by atoms with van der Waals surface area (Å²) in [6.07, 6.45) is 7.74. The van der Waals surface area contributed by atoms with Crippen molar-refractivity contribution in [3.63, 3.8) is 0 Å². The van der Waals surface area contributed by atoms with Gasteiger partial charge in [-0.1, -0.05) is 11.6 Å². The molecule has 0 saturated heterocycles. The molecule has 1 amide bonds. The first-order valence-electron chi connectivity index (χ1n) is 7.86. The molecule has 0 unspecified atom stereocenters. The number of aromatic amines is 1. The van der Waals surface area contributed by atoms with E-state index in [4.69, 9.17) is 0 Å². The Balaban J connectivity index is 1.78. The predicted molar refractivity (Wildman–Crippen MR) is 87.4 cm³/mol. The van der Waals surface area contributed by atoms with E-state index in [9.17, 15) is 13.2 Å². The van der Waals surface area contributed by atoms with E-state index in [-0.39, 0.29) is 17.3 Å². The summed E-state index contributed by atoms with van der Waals surface area (Å²) in [5.41, 5.74) is 2.22. The van der Waals surface area contributed by atoms with Crippen molar-refractivity contribution in [3.8, 4) is 0 Å². The van der Waals surface area contributed by atoms with Gasteiger partial charge >= 0.3 is 0 Å². The SMILES string of the molecule is Cc1n[nH]c(C)c1S(=O)(=O)NCC(=O)NCCC1=CCCCC1. The van der Waals surface area contributed by atoms with Crippen LogP contribution in [0.4, 0.5) is 0 Å². The van der Waals surface area contributed by atoms with Gasteiger partial charge in [-0.05, 0) is 46.0 Å². The fourth-order valence-electron chi connectivity index (χ4n) is 2.73. The molecular weight excluding hydrogens is 316 g/mol. The molecule has 0 fully saturated rings. The molecule has 8 heteroatoms. The molecule has 2 rings (SSSR count). The Morgan fingerprint density at radius 1 is 1.35 bits per heavy atom. The zero-order valence-corrected chi connectivity index (χ0v) is 14.4. The maximum absolute atomic E-state index is 12.2. The van der Waals surface area contributed by atoms with Gasteiger partial charge in [-0.15, -0.1) is 0 Å². The number of sulfonamides is 1. The van der Waals surface area contributed by atoms with E-state index in [1.54, 1.807) is 13.8 Å². The maximum Gasteiger partial charge on any atom is 0.244 e. The van der Waals surface area contributed by atoms with Gasteiger partial charge in [0.1, 0.15) is 4.90 Å². The van der Waals surface area contributed by atoms with Gasteiger partial charge in [0.25, 0.3) is 0 Å². The number of nitrogens with zero attached hydrogens (tertiary/aromatic N) is 1. The van der Waals surface area contributed by atoms with Crippen molar-refractivity contribution >= 4 is 15.9 Å². The fraction of sp³-hybridized carbons (Fsp3) is 0.600. The highest BCUT2D eigenvalue weighted by atomic mass is 32.2. The van der Waals surface area contributed by atoms with Crippen LogP contribution in [0.3, 0.4) is 0 Å². The highest BCUT2D eigenvalue weighted by molar-refractivity contribution is 7.89. The van der Waals surface area contributed by atoms with Gasteiger partial charge in [0.2, 0.25) is 15.9 Å². The van der Waals surface area contributed by atoms with Crippen LogP contribution in [0, 0.1) is 13.8 Å². The second-order valence-electron chi connectivity index (χ2n) is 5.80. The zero-order valence-electron chi connectivity index (χ0n) is 13.6. The highest BCUT2D eigenvalue weighted by Crippen LogP contribution is 2.19. The minimum atomic E-state index is -3.73. The molecule has 1 aliphatic carbocycles. The summed E-state index contributed by atoms with van der Waals surface area (Å²) in [6, 6.07) is 0. The number of allylic oxidation sites excluding steroid dienone is 1. The summed E-state index contributed by atoms with van der Waals surface area (Å²) in [6.45, 7) is 3.50. The lowest BCUT2D eigenvalue weighted by Gasteiger charge is -2.13. The van der Waals surface area contributed by atoms with Crippen LogP contribution in [-0.2, 0) is 14.8 Å². The Kier molecular flexibility index (Phi) is 5.95. The quantitative estimate of drug-likeness (QED) is 0.651. The third kappa shape index (κ3) is 4.90. The van der Waals surface area contributed by atoms with Crippen LogP contribution in [0.2, 0.25) is 0 Å². The molecule has 0 aromatic carbocycles. The zero-order chi connectivity index (χ0) is 16.9. The van der Waals surface area contributed by atoms with Crippen LogP contribution in [0.15, 0.2) is 16.5 Å². The van der Waals surface area contributed by atoms with Gasteiger partial charge in [0.15, 0.2) is 0 Å². The predicted octanol–water partition coefficient (Wildman–Crippen LogP) is 1.31. The largest absolute Gasteiger partial charge is 0.355 e. The monoisotopic (exact) mass is 340 g/mol. The number of hydrogen-bond donors (Lipinski definition) is 3. The minimum Gasteiger partial charge on any atom is -0.355 e. The smallest absolute Gasteiger partial charge is 0.244 e. The third-order valence-electron chi connectivity index (χ3n) is 3.91. The first-order valence-corrected chi connectivity index (χ1v) is 9.34. The molecule has 0 radical (unpaired) electrons. The Bertz CT molecular complexity index is 672. The van der Waals surface area contributed by atoms with Crippen LogP contribution in [0.1, 0.15) is 43.5 Å². The van der Waals surface area contributed by atoms with Crippen molar-refractivity contribution < 1.29 is 13.2 Å². The van der Waals surface area contributed by atoms with Crippen LogP contribution in [0.5, 0.6) is 0 Å². The number of aryl methyl sites for hydroxylation is 2. The van der Waals surface area contributed by atoms with Crippen LogP contribution >= 0.6 is 0 Å². The number of H-pyrrole nitrogens is 1. The summed E-state index contributed by atoms with van der Waals surface area (Å²) < 4.78 is 26.7. The van der Waals surface area contributed by atoms with Gasteiger partial charge in [0.05, 0.1) is 17.9 Å². The first-order chi connectivity index (χ1) is 10.9. The first kappa shape index (κ1) is 17.7. The number of rotatable bonds is 7. The van der Waals surface area contributed by atoms with Crippen molar-refractivity contribution in [2.45, 2.75) is 50.8 Å². The van der Waals surface area contributed by atoms with Gasteiger partial charge in [-0.3, -0.25) is 9.89 Å². The second-order valence-corrected chi connectivity index (χ2v) is 7.50. The fourth-order valence-corrected chi connectivity index (χ4v) is 4.07. The Morgan fingerprint density at radius 3 is 2.74 bits per heavy atom. The summed E-state index contributed by atoms with van der Waals surface area (Å²) >= 11 is 0. The summed E-state index contributed by atoms with van der Waals surface area (Å²) in [5.74, 6) is -0.330. The highest BCUT2D eigenvalue weighted by Gasteiger charge is 2.22. The Hall–Kier alpha value is -1.67. The van der Waals surface area contributed by atoms with E-state index in [1.807, 2.05) is 0 Å². The third-order valence-corrected chi connectivity index (χ3v) is 5.57. The molecule has 0 aliphatic heterocycles. The van der Waals surface area contributed by atoms with Gasteiger partial charge in [-0.2, -0.15) is 5.10 Å².